The molecule has 0 spiro atoms. The van der Waals surface area contributed by atoms with Crippen LogP contribution in [0, 0.1) is 5.92 Å². The van der Waals surface area contributed by atoms with Crippen molar-refractivity contribution in [3.8, 4) is 0 Å². The van der Waals surface area contributed by atoms with Crippen LogP contribution in [0.1, 0.15) is 24.2 Å². The number of pyridine rings is 1. The Morgan fingerprint density at radius 2 is 2.27 bits per heavy atom. The SMILES string of the molecule is CC(C)CN(C)C(=O)c1ccnc(Cl)c1. The lowest BCUT2D eigenvalue weighted by molar-refractivity contribution is 0.0779. The molecule has 15 heavy (non-hydrogen) atoms. The van der Waals surface area contributed by atoms with Gasteiger partial charge in [0.1, 0.15) is 5.15 Å². The molecule has 1 heterocycles. The van der Waals surface area contributed by atoms with Crippen molar-refractivity contribution in [3.63, 3.8) is 0 Å². The fourth-order valence-corrected chi connectivity index (χ4v) is 1.56. The number of carbonyl (C=O) groups excluding carboxylic acids is 1. The van der Waals surface area contributed by atoms with Crippen molar-refractivity contribution in [3.05, 3.63) is 29.0 Å². The Hall–Kier alpha value is -1.09. The molecule has 0 saturated carbocycles. The highest BCUT2D eigenvalue weighted by molar-refractivity contribution is 6.29. The fourth-order valence-electron chi connectivity index (χ4n) is 1.39. The average Bonchev–Trinajstić information content (AvgIpc) is 2.15. The van der Waals surface area contributed by atoms with E-state index in [2.05, 4.69) is 18.8 Å². The molecule has 0 radical (unpaired) electrons. The van der Waals surface area contributed by atoms with Gasteiger partial charge in [0, 0.05) is 25.4 Å². The highest BCUT2D eigenvalue weighted by Crippen LogP contribution is 2.10. The molecule has 0 saturated heterocycles. The molecule has 82 valence electrons. The summed E-state index contributed by atoms with van der Waals surface area (Å²) in [6, 6.07) is 3.26. The number of halogens is 1. The molecule has 0 aliphatic rings. The van der Waals surface area contributed by atoms with E-state index in [1.165, 1.54) is 0 Å². The molecule has 1 aromatic rings. The predicted molar refractivity (Wildman–Crippen MR) is 61.0 cm³/mol. The third kappa shape index (κ3) is 3.51. The van der Waals surface area contributed by atoms with Crippen LogP contribution in [0.25, 0.3) is 0 Å². The van der Waals surface area contributed by atoms with Crippen molar-refractivity contribution in [2.24, 2.45) is 5.92 Å². The number of rotatable bonds is 3. The summed E-state index contributed by atoms with van der Waals surface area (Å²) in [4.78, 5) is 17.4. The smallest absolute Gasteiger partial charge is 0.253 e. The first-order valence-electron chi connectivity index (χ1n) is 4.87. The van der Waals surface area contributed by atoms with Crippen LogP contribution < -0.4 is 0 Å². The standard InChI is InChI=1S/C11H15ClN2O/c1-8(2)7-14(3)11(15)9-4-5-13-10(12)6-9/h4-6,8H,7H2,1-3H3. The molecule has 0 aliphatic carbocycles. The van der Waals surface area contributed by atoms with Crippen LogP contribution in [0.5, 0.6) is 0 Å². The van der Waals surface area contributed by atoms with Crippen molar-refractivity contribution in [1.29, 1.82) is 0 Å². The van der Waals surface area contributed by atoms with Gasteiger partial charge in [0.2, 0.25) is 0 Å². The van der Waals surface area contributed by atoms with Crippen molar-refractivity contribution >= 4 is 17.5 Å². The van der Waals surface area contributed by atoms with E-state index in [4.69, 9.17) is 11.6 Å². The van der Waals surface area contributed by atoms with E-state index in [0.717, 1.165) is 6.54 Å². The minimum absolute atomic E-state index is 0.0204. The zero-order valence-corrected chi connectivity index (χ0v) is 9.95. The summed E-state index contributed by atoms with van der Waals surface area (Å²) in [5.74, 6) is 0.434. The third-order valence-corrected chi connectivity index (χ3v) is 2.17. The van der Waals surface area contributed by atoms with E-state index in [-0.39, 0.29) is 5.91 Å². The molecule has 0 bridgehead atoms. The lowest BCUT2D eigenvalue weighted by atomic mass is 10.2. The van der Waals surface area contributed by atoms with Gasteiger partial charge in [0.05, 0.1) is 0 Å². The van der Waals surface area contributed by atoms with Gasteiger partial charge in [-0.05, 0) is 18.1 Å². The van der Waals surface area contributed by atoms with Gasteiger partial charge < -0.3 is 4.90 Å². The number of aromatic nitrogens is 1. The molecule has 0 fully saturated rings. The first kappa shape index (κ1) is 12.0. The largest absolute Gasteiger partial charge is 0.341 e. The molecule has 1 aromatic heterocycles. The molecule has 4 heteroatoms. The minimum atomic E-state index is -0.0204. The second-order valence-corrected chi connectivity index (χ2v) is 4.33. The van der Waals surface area contributed by atoms with Gasteiger partial charge in [-0.3, -0.25) is 4.79 Å². The van der Waals surface area contributed by atoms with Gasteiger partial charge in [-0.15, -0.1) is 0 Å². The molecule has 0 unspecified atom stereocenters. The Kier molecular flexibility index (Phi) is 4.09. The van der Waals surface area contributed by atoms with Crippen LogP contribution in [0.15, 0.2) is 18.3 Å². The quantitative estimate of drug-likeness (QED) is 0.742. The second kappa shape index (κ2) is 5.12. The summed E-state index contributed by atoms with van der Waals surface area (Å²) in [6.45, 7) is 4.88. The molecule has 0 aliphatic heterocycles. The Balaban J connectivity index is 2.76. The molecule has 3 nitrogen and oxygen atoms in total. The second-order valence-electron chi connectivity index (χ2n) is 3.95. The molecular formula is C11H15ClN2O. The van der Waals surface area contributed by atoms with E-state index < -0.39 is 0 Å². The maximum Gasteiger partial charge on any atom is 0.253 e. The Labute approximate surface area is 95.1 Å². The number of nitrogens with zero attached hydrogens (tertiary/aromatic N) is 2. The van der Waals surface area contributed by atoms with Crippen LogP contribution in [0.2, 0.25) is 5.15 Å². The maximum absolute atomic E-state index is 11.9. The average molecular weight is 227 g/mol. The Bertz CT molecular complexity index is 352. The zero-order chi connectivity index (χ0) is 11.4. The van der Waals surface area contributed by atoms with Gasteiger partial charge in [-0.1, -0.05) is 25.4 Å². The van der Waals surface area contributed by atoms with Crippen molar-refractivity contribution in [2.75, 3.05) is 13.6 Å². The Morgan fingerprint density at radius 3 is 2.80 bits per heavy atom. The summed E-state index contributed by atoms with van der Waals surface area (Å²) in [7, 11) is 1.79. The maximum atomic E-state index is 11.9. The van der Waals surface area contributed by atoms with Crippen LogP contribution in [0.4, 0.5) is 0 Å². The summed E-state index contributed by atoms with van der Waals surface area (Å²) in [5, 5.41) is 0.346. The van der Waals surface area contributed by atoms with E-state index in [1.54, 1.807) is 30.3 Å². The van der Waals surface area contributed by atoms with Crippen LogP contribution in [-0.2, 0) is 0 Å². The molecule has 0 aromatic carbocycles. The number of carbonyl (C=O) groups is 1. The normalized spacial score (nSPS) is 10.5. The number of hydrogen-bond donors (Lipinski definition) is 0. The Morgan fingerprint density at radius 1 is 1.60 bits per heavy atom. The predicted octanol–water partition coefficient (Wildman–Crippen LogP) is 2.46. The molecule has 0 atom stereocenters. The van der Waals surface area contributed by atoms with Gasteiger partial charge >= 0.3 is 0 Å². The molecular weight excluding hydrogens is 212 g/mol. The molecule has 1 rings (SSSR count). The molecule has 1 amide bonds. The van der Waals surface area contributed by atoms with Crippen molar-refractivity contribution in [2.45, 2.75) is 13.8 Å². The van der Waals surface area contributed by atoms with Crippen LogP contribution in [-0.4, -0.2) is 29.4 Å². The molecule has 0 N–H and O–H groups in total. The van der Waals surface area contributed by atoms with Gasteiger partial charge in [0.25, 0.3) is 5.91 Å². The minimum Gasteiger partial charge on any atom is -0.341 e. The van der Waals surface area contributed by atoms with Gasteiger partial charge in [0.15, 0.2) is 0 Å². The van der Waals surface area contributed by atoms with Crippen LogP contribution >= 0.6 is 11.6 Å². The summed E-state index contributed by atoms with van der Waals surface area (Å²) < 4.78 is 0. The number of amides is 1. The third-order valence-electron chi connectivity index (χ3n) is 1.96. The topological polar surface area (TPSA) is 33.2 Å². The van der Waals surface area contributed by atoms with Gasteiger partial charge in [-0.2, -0.15) is 0 Å². The highest BCUT2D eigenvalue weighted by Gasteiger charge is 2.12. The summed E-state index contributed by atoms with van der Waals surface area (Å²) in [5.41, 5.74) is 0.582. The van der Waals surface area contributed by atoms with E-state index in [0.29, 0.717) is 16.6 Å². The summed E-state index contributed by atoms with van der Waals surface area (Å²) in [6.07, 6.45) is 1.54. The summed E-state index contributed by atoms with van der Waals surface area (Å²) >= 11 is 5.72. The van der Waals surface area contributed by atoms with Crippen molar-refractivity contribution < 1.29 is 4.79 Å². The zero-order valence-electron chi connectivity index (χ0n) is 9.20. The lowest BCUT2D eigenvalue weighted by Crippen LogP contribution is -2.30. The van der Waals surface area contributed by atoms with E-state index in [1.807, 2.05) is 0 Å². The first-order valence-corrected chi connectivity index (χ1v) is 5.25. The van der Waals surface area contributed by atoms with E-state index >= 15 is 0 Å². The highest BCUT2D eigenvalue weighted by atomic mass is 35.5. The van der Waals surface area contributed by atoms with E-state index in [9.17, 15) is 4.79 Å². The first-order chi connectivity index (χ1) is 7.00. The lowest BCUT2D eigenvalue weighted by Gasteiger charge is -2.19. The fraction of sp³-hybridized carbons (Fsp3) is 0.455. The van der Waals surface area contributed by atoms with Crippen LogP contribution in [0.3, 0.4) is 0 Å². The monoisotopic (exact) mass is 226 g/mol. The van der Waals surface area contributed by atoms with Crippen molar-refractivity contribution in [1.82, 2.24) is 9.88 Å². The van der Waals surface area contributed by atoms with Gasteiger partial charge in [-0.25, -0.2) is 4.98 Å². The number of hydrogen-bond acceptors (Lipinski definition) is 2.